The highest BCUT2D eigenvalue weighted by Gasteiger charge is 2.24. The minimum atomic E-state index is 0.696. The molecule has 2 rings (SSSR count). The number of anilines is 1. The van der Waals surface area contributed by atoms with Crippen LogP contribution in [0.2, 0.25) is 0 Å². The maximum atomic E-state index is 3.55. The van der Waals surface area contributed by atoms with Gasteiger partial charge in [0.05, 0.1) is 0 Å². The lowest BCUT2D eigenvalue weighted by atomic mass is 9.82. The van der Waals surface area contributed by atoms with Gasteiger partial charge in [-0.15, -0.1) is 0 Å². The molecule has 1 N–H and O–H groups in total. The maximum Gasteiger partial charge on any atom is 0.0353 e. The normalized spacial score (nSPS) is 25.6. The van der Waals surface area contributed by atoms with Crippen LogP contribution < -0.4 is 5.32 Å². The number of hydrogen-bond acceptors (Lipinski definition) is 1. The highest BCUT2D eigenvalue weighted by molar-refractivity contribution is 14.1. The Morgan fingerprint density at radius 3 is 2.71 bits per heavy atom. The smallest absolute Gasteiger partial charge is 0.0353 e. The summed E-state index contributed by atoms with van der Waals surface area (Å²) < 4.78 is 2.44. The summed E-state index contributed by atoms with van der Waals surface area (Å²) in [5, 5.41) is 3.55. The molecule has 1 aromatic rings. The average Bonchev–Trinajstić information content (AvgIpc) is 2.09. The molecule has 0 aromatic heterocycles. The van der Waals surface area contributed by atoms with E-state index >= 15 is 0 Å². The molecule has 0 unspecified atom stereocenters. The highest BCUT2D eigenvalue weighted by atomic mass is 127. The lowest BCUT2D eigenvalue weighted by Gasteiger charge is -2.34. The summed E-state index contributed by atoms with van der Waals surface area (Å²) in [6, 6.07) is 7.12. The Balaban J connectivity index is 2.00. The van der Waals surface area contributed by atoms with Crippen molar-refractivity contribution in [3.05, 3.63) is 26.2 Å². The van der Waals surface area contributed by atoms with Gasteiger partial charge in [0, 0.05) is 19.8 Å². The second-order valence-electron chi connectivity index (χ2n) is 4.05. The zero-order valence-corrected chi connectivity index (χ0v) is 11.8. The van der Waals surface area contributed by atoms with Crippen molar-refractivity contribution >= 4 is 44.2 Å². The molecule has 1 saturated carbocycles. The molecular formula is C11H13BrIN. The van der Waals surface area contributed by atoms with Gasteiger partial charge in [-0.25, -0.2) is 0 Å². The Morgan fingerprint density at radius 1 is 1.43 bits per heavy atom. The third kappa shape index (κ3) is 2.42. The van der Waals surface area contributed by atoms with Crippen LogP contribution >= 0.6 is 38.5 Å². The van der Waals surface area contributed by atoms with Crippen LogP contribution in [0.1, 0.15) is 19.8 Å². The molecule has 1 aliphatic carbocycles. The third-order valence-corrected chi connectivity index (χ3v) is 4.99. The Kier molecular flexibility index (Phi) is 3.37. The molecule has 0 amide bonds. The second-order valence-corrected chi connectivity index (χ2v) is 6.06. The van der Waals surface area contributed by atoms with Crippen LogP contribution in [0.4, 0.5) is 5.69 Å². The number of halogens is 2. The largest absolute Gasteiger partial charge is 0.382 e. The van der Waals surface area contributed by atoms with Gasteiger partial charge in [-0.2, -0.15) is 0 Å². The first-order valence-electron chi connectivity index (χ1n) is 4.87. The topological polar surface area (TPSA) is 12.0 Å². The van der Waals surface area contributed by atoms with Crippen LogP contribution in [0.5, 0.6) is 0 Å². The van der Waals surface area contributed by atoms with Crippen molar-refractivity contribution in [2.45, 2.75) is 25.8 Å². The van der Waals surface area contributed by atoms with Crippen LogP contribution in [0, 0.1) is 9.49 Å². The zero-order valence-electron chi connectivity index (χ0n) is 8.06. The molecule has 14 heavy (non-hydrogen) atoms. The summed E-state index contributed by atoms with van der Waals surface area (Å²) in [6.07, 6.45) is 2.62. The first-order valence-corrected chi connectivity index (χ1v) is 6.74. The molecule has 76 valence electrons. The quantitative estimate of drug-likeness (QED) is 0.772. The van der Waals surface area contributed by atoms with E-state index in [1.165, 1.54) is 26.6 Å². The summed E-state index contributed by atoms with van der Waals surface area (Å²) in [5.74, 6) is 0.905. The standard InChI is InChI=1S/C11H13BrIN/c1-7-4-9(5-7)14-8-2-3-10(12)11(13)6-8/h2-3,6-7,9,14H,4-5H2,1H3. The fraction of sp³-hybridized carbons (Fsp3) is 0.455. The molecule has 1 aliphatic rings. The molecule has 1 fully saturated rings. The summed E-state index contributed by atoms with van der Waals surface area (Å²) in [4.78, 5) is 0. The van der Waals surface area contributed by atoms with Gasteiger partial charge in [0.25, 0.3) is 0 Å². The van der Waals surface area contributed by atoms with E-state index in [4.69, 9.17) is 0 Å². The summed E-state index contributed by atoms with van der Waals surface area (Å²) in [7, 11) is 0. The van der Waals surface area contributed by atoms with E-state index in [9.17, 15) is 0 Å². The molecule has 3 heteroatoms. The molecular weight excluding hydrogens is 353 g/mol. The molecule has 1 nitrogen and oxygen atoms in total. The van der Waals surface area contributed by atoms with E-state index in [0.29, 0.717) is 6.04 Å². The van der Waals surface area contributed by atoms with Crippen molar-refractivity contribution in [1.29, 1.82) is 0 Å². The minimum Gasteiger partial charge on any atom is -0.382 e. The SMILES string of the molecule is CC1CC(Nc2ccc(Br)c(I)c2)C1. The van der Waals surface area contributed by atoms with Crippen LogP contribution in [0.3, 0.4) is 0 Å². The van der Waals surface area contributed by atoms with Crippen LogP contribution in [-0.4, -0.2) is 6.04 Å². The van der Waals surface area contributed by atoms with Crippen molar-refractivity contribution in [3.63, 3.8) is 0 Å². The van der Waals surface area contributed by atoms with Gasteiger partial charge in [0.2, 0.25) is 0 Å². The summed E-state index contributed by atoms with van der Waals surface area (Å²) >= 11 is 5.84. The molecule has 0 atom stereocenters. The fourth-order valence-corrected chi connectivity index (χ4v) is 2.60. The average molecular weight is 366 g/mol. The van der Waals surface area contributed by atoms with Crippen molar-refractivity contribution in [2.24, 2.45) is 5.92 Å². The van der Waals surface area contributed by atoms with Crippen molar-refractivity contribution in [2.75, 3.05) is 5.32 Å². The first-order chi connectivity index (χ1) is 6.65. The van der Waals surface area contributed by atoms with Crippen LogP contribution in [0.15, 0.2) is 22.7 Å². The van der Waals surface area contributed by atoms with Gasteiger partial charge in [-0.1, -0.05) is 6.92 Å². The Bertz CT molecular complexity index is 334. The van der Waals surface area contributed by atoms with Crippen molar-refractivity contribution in [1.82, 2.24) is 0 Å². The number of rotatable bonds is 2. The predicted octanol–water partition coefficient (Wildman–Crippen LogP) is 4.26. The minimum absolute atomic E-state index is 0.696. The van der Waals surface area contributed by atoms with Gasteiger partial charge in [-0.05, 0) is 75.5 Å². The molecule has 0 aliphatic heterocycles. The second kappa shape index (κ2) is 4.39. The third-order valence-electron chi connectivity index (χ3n) is 2.66. The Hall–Kier alpha value is 0.230. The van der Waals surface area contributed by atoms with Gasteiger partial charge in [0.15, 0.2) is 0 Å². The number of benzene rings is 1. The maximum absolute atomic E-state index is 3.55. The van der Waals surface area contributed by atoms with Gasteiger partial charge in [0.1, 0.15) is 0 Å². The molecule has 1 aromatic carbocycles. The lowest BCUT2D eigenvalue weighted by Crippen LogP contribution is -2.33. The lowest BCUT2D eigenvalue weighted by molar-refractivity contribution is 0.309. The number of hydrogen-bond donors (Lipinski definition) is 1. The van der Waals surface area contributed by atoms with Crippen molar-refractivity contribution in [3.8, 4) is 0 Å². The predicted molar refractivity (Wildman–Crippen MR) is 72.7 cm³/mol. The van der Waals surface area contributed by atoms with Crippen molar-refractivity contribution < 1.29 is 0 Å². The van der Waals surface area contributed by atoms with E-state index in [-0.39, 0.29) is 0 Å². The highest BCUT2D eigenvalue weighted by Crippen LogP contribution is 2.30. The molecule has 0 heterocycles. The van der Waals surface area contributed by atoms with E-state index < -0.39 is 0 Å². The van der Waals surface area contributed by atoms with Gasteiger partial charge < -0.3 is 5.32 Å². The van der Waals surface area contributed by atoms with E-state index in [1.54, 1.807) is 0 Å². The Labute approximate surface area is 107 Å². The monoisotopic (exact) mass is 365 g/mol. The van der Waals surface area contributed by atoms with Crippen LogP contribution in [0.25, 0.3) is 0 Å². The fourth-order valence-electron chi connectivity index (χ4n) is 1.84. The van der Waals surface area contributed by atoms with Gasteiger partial charge >= 0.3 is 0 Å². The first kappa shape index (κ1) is 10.7. The molecule has 0 saturated heterocycles. The summed E-state index contributed by atoms with van der Waals surface area (Å²) in [5.41, 5.74) is 1.24. The zero-order chi connectivity index (χ0) is 10.1. The van der Waals surface area contributed by atoms with E-state index in [0.717, 1.165) is 5.92 Å². The number of nitrogens with one attached hydrogen (secondary N) is 1. The van der Waals surface area contributed by atoms with E-state index in [2.05, 4.69) is 69.0 Å². The molecule has 0 radical (unpaired) electrons. The molecule has 0 spiro atoms. The van der Waals surface area contributed by atoms with Gasteiger partial charge in [-0.3, -0.25) is 0 Å². The summed E-state index contributed by atoms with van der Waals surface area (Å²) in [6.45, 7) is 2.31. The van der Waals surface area contributed by atoms with E-state index in [1.807, 2.05) is 0 Å². The Morgan fingerprint density at radius 2 is 2.14 bits per heavy atom. The molecule has 0 bridgehead atoms. The van der Waals surface area contributed by atoms with Crippen LogP contribution in [-0.2, 0) is 0 Å².